The largest absolute Gasteiger partial charge is 0.481 e. The average Bonchev–Trinajstić information content (AvgIpc) is 2.11. The van der Waals surface area contributed by atoms with Gasteiger partial charge in [-0.1, -0.05) is 0 Å². The van der Waals surface area contributed by atoms with Crippen LogP contribution in [0.25, 0.3) is 0 Å². The van der Waals surface area contributed by atoms with Crippen LogP contribution in [-0.2, 0) is 9.59 Å². The highest BCUT2D eigenvalue weighted by Gasteiger charge is 2.27. The zero-order chi connectivity index (χ0) is 12.1. The first kappa shape index (κ1) is 13.2. The number of rotatable bonds is 5. The molecule has 0 fully saturated rings. The fraction of sp³-hybridized carbons (Fsp3) is 0.625. The van der Waals surface area contributed by atoms with E-state index in [1.165, 1.54) is 13.8 Å². The molecule has 0 spiro atoms. The number of nitrogens with one attached hydrogen (secondary N) is 2. The zero-order valence-corrected chi connectivity index (χ0v) is 8.66. The van der Waals surface area contributed by atoms with Gasteiger partial charge in [-0.05, 0) is 13.8 Å². The van der Waals surface area contributed by atoms with Gasteiger partial charge in [-0.3, -0.25) is 9.59 Å². The average molecular weight is 217 g/mol. The molecule has 0 atom stereocenters. The highest BCUT2D eigenvalue weighted by molar-refractivity contribution is 5.83. The molecular formula is C8H15N3O4. The third-order valence-corrected chi connectivity index (χ3v) is 1.69. The Hall–Kier alpha value is -1.79. The maximum absolute atomic E-state index is 11.0. The lowest BCUT2D eigenvalue weighted by atomic mass is 9.94. The predicted octanol–water partition coefficient (Wildman–Crippen LogP) is -1.12. The zero-order valence-electron chi connectivity index (χ0n) is 8.66. The molecule has 0 aromatic rings. The van der Waals surface area contributed by atoms with Crippen molar-refractivity contribution in [2.45, 2.75) is 13.8 Å². The Labute approximate surface area is 87.0 Å². The van der Waals surface area contributed by atoms with Crippen LogP contribution in [0.3, 0.4) is 0 Å². The Kier molecular flexibility index (Phi) is 4.56. The van der Waals surface area contributed by atoms with Crippen LogP contribution in [0.1, 0.15) is 13.8 Å². The van der Waals surface area contributed by atoms with Crippen molar-refractivity contribution in [1.82, 2.24) is 10.6 Å². The lowest BCUT2D eigenvalue weighted by Gasteiger charge is -2.19. The Morgan fingerprint density at radius 1 is 1.27 bits per heavy atom. The fourth-order valence-electron chi connectivity index (χ4n) is 0.607. The van der Waals surface area contributed by atoms with Gasteiger partial charge in [0.2, 0.25) is 5.91 Å². The van der Waals surface area contributed by atoms with Crippen molar-refractivity contribution in [2.24, 2.45) is 11.1 Å². The molecule has 5 N–H and O–H groups in total. The number of hydrogen-bond donors (Lipinski definition) is 4. The maximum Gasteiger partial charge on any atom is 0.315 e. The molecule has 0 bridgehead atoms. The van der Waals surface area contributed by atoms with Gasteiger partial charge in [0.15, 0.2) is 0 Å². The van der Waals surface area contributed by atoms with Crippen LogP contribution in [0.15, 0.2) is 0 Å². The molecule has 0 saturated carbocycles. The van der Waals surface area contributed by atoms with E-state index in [1.807, 2.05) is 0 Å². The van der Waals surface area contributed by atoms with Gasteiger partial charge < -0.3 is 21.5 Å². The standard InChI is InChI=1S/C8H15N3O4/c1-8(2,6(13)14)4-11-7(15)10-3-5(9)12/h3-4H2,1-2H3,(H2,9,12)(H,13,14)(H2,10,11,15). The van der Waals surface area contributed by atoms with Crippen molar-refractivity contribution >= 4 is 17.9 Å². The van der Waals surface area contributed by atoms with Crippen molar-refractivity contribution in [1.29, 1.82) is 0 Å². The molecule has 0 unspecified atom stereocenters. The molecule has 7 heteroatoms. The first-order chi connectivity index (χ1) is 6.75. The molecule has 0 saturated heterocycles. The number of carboxylic acids is 1. The summed E-state index contributed by atoms with van der Waals surface area (Å²) < 4.78 is 0. The molecule has 0 radical (unpaired) electrons. The molecule has 86 valence electrons. The van der Waals surface area contributed by atoms with E-state index in [4.69, 9.17) is 10.8 Å². The van der Waals surface area contributed by atoms with E-state index in [1.54, 1.807) is 0 Å². The molecule has 0 rings (SSSR count). The smallest absolute Gasteiger partial charge is 0.315 e. The highest BCUT2D eigenvalue weighted by Crippen LogP contribution is 2.12. The van der Waals surface area contributed by atoms with Crippen molar-refractivity contribution in [3.8, 4) is 0 Å². The fourth-order valence-corrected chi connectivity index (χ4v) is 0.607. The Balaban J connectivity index is 3.90. The van der Waals surface area contributed by atoms with E-state index < -0.39 is 23.3 Å². The third-order valence-electron chi connectivity index (χ3n) is 1.69. The van der Waals surface area contributed by atoms with Crippen LogP contribution in [0.5, 0.6) is 0 Å². The Morgan fingerprint density at radius 3 is 2.20 bits per heavy atom. The van der Waals surface area contributed by atoms with Crippen LogP contribution in [0.4, 0.5) is 4.79 Å². The lowest BCUT2D eigenvalue weighted by Crippen LogP contribution is -2.45. The van der Waals surface area contributed by atoms with E-state index >= 15 is 0 Å². The quantitative estimate of drug-likeness (QED) is 0.466. The van der Waals surface area contributed by atoms with Gasteiger partial charge in [0.25, 0.3) is 0 Å². The summed E-state index contributed by atoms with van der Waals surface area (Å²) in [5.41, 5.74) is 3.74. The first-order valence-corrected chi connectivity index (χ1v) is 4.29. The van der Waals surface area contributed by atoms with Gasteiger partial charge >= 0.3 is 12.0 Å². The number of amides is 3. The van der Waals surface area contributed by atoms with Gasteiger partial charge in [0, 0.05) is 6.54 Å². The molecule has 0 aromatic heterocycles. The van der Waals surface area contributed by atoms with Gasteiger partial charge in [0.1, 0.15) is 0 Å². The Bertz CT molecular complexity index is 275. The summed E-state index contributed by atoms with van der Waals surface area (Å²) in [5, 5.41) is 13.2. The second-order valence-corrected chi connectivity index (χ2v) is 3.69. The van der Waals surface area contributed by atoms with Crippen LogP contribution >= 0.6 is 0 Å². The summed E-state index contributed by atoms with van der Waals surface area (Å²) in [6.45, 7) is 2.64. The van der Waals surface area contributed by atoms with E-state index in [-0.39, 0.29) is 13.1 Å². The number of nitrogens with two attached hydrogens (primary N) is 1. The number of hydrogen-bond acceptors (Lipinski definition) is 3. The van der Waals surface area contributed by atoms with E-state index in [0.29, 0.717) is 0 Å². The van der Waals surface area contributed by atoms with E-state index in [9.17, 15) is 14.4 Å². The molecular weight excluding hydrogens is 202 g/mol. The summed E-state index contributed by atoms with van der Waals surface area (Å²) in [6.07, 6.45) is 0. The minimum atomic E-state index is -1.05. The SMILES string of the molecule is CC(C)(CNC(=O)NCC(N)=O)C(=O)O. The summed E-state index contributed by atoms with van der Waals surface area (Å²) in [5.74, 6) is -1.68. The number of carbonyl (C=O) groups excluding carboxylic acids is 2. The molecule has 0 aliphatic heterocycles. The van der Waals surface area contributed by atoms with E-state index in [0.717, 1.165) is 0 Å². The molecule has 0 aromatic carbocycles. The van der Waals surface area contributed by atoms with E-state index in [2.05, 4.69) is 10.6 Å². The van der Waals surface area contributed by atoms with Crippen molar-refractivity contribution in [2.75, 3.05) is 13.1 Å². The number of carbonyl (C=O) groups is 3. The molecule has 0 heterocycles. The first-order valence-electron chi connectivity index (χ1n) is 4.29. The third kappa shape index (κ3) is 5.50. The molecule has 15 heavy (non-hydrogen) atoms. The predicted molar refractivity (Wildman–Crippen MR) is 52.0 cm³/mol. The molecule has 0 aliphatic carbocycles. The maximum atomic E-state index is 11.0. The molecule has 3 amide bonds. The van der Waals surface area contributed by atoms with Crippen LogP contribution < -0.4 is 16.4 Å². The number of primary amides is 1. The van der Waals surface area contributed by atoms with Crippen molar-refractivity contribution in [3.63, 3.8) is 0 Å². The normalized spacial score (nSPS) is 10.5. The minimum absolute atomic E-state index is 0.0348. The monoisotopic (exact) mass is 217 g/mol. The van der Waals surface area contributed by atoms with Gasteiger partial charge in [-0.15, -0.1) is 0 Å². The second kappa shape index (κ2) is 5.18. The summed E-state index contributed by atoms with van der Waals surface area (Å²) in [6, 6.07) is -0.622. The summed E-state index contributed by atoms with van der Waals surface area (Å²) >= 11 is 0. The van der Waals surface area contributed by atoms with Crippen molar-refractivity contribution in [3.05, 3.63) is 0 Å². The number of carboxylic acid groups (broad SMARTS) is 1. The highest BCUT2D eigenvalue weighted by atomic mass is 16.4. The summed E-state index contributed by atoms with van der Waals surface area (Å²) in [4.78, 5) is 31.9. The van der Waals surface area contributed by atoms with Crippen molar-refractivity contribution < 1.29 is 19.5 Å². The van der Waals surface area contributed by atoms with Crippen LogP contribution in [-0.4, -0.2) is 36.1 Å². The van der Waals surface area contributed by atoms with Gasteiger partial charge in [-0.25, -0.2) is 4.79 Å². The van der Waals surface area contributed by atoms with Crippen LogP contribution in [0.2, 0.25) is 0 Å². The van der Waals surface area contributed by atoms with Gasteiger partial charge in [0.05, 0.1) is 12.0 Å². The molecule has 0 aliphatic rings. The minimum Gasteiger partial charge on any atom is -0.481 e. The van der Waals surface area contributed by atoms with Gasteiger partial charge in [-0.2, -0.15) is 0 Å². The number of aliphatic carboxylic acids is 1. The summed E-state index contributed by atoms with van der Waals surface area (Å²) in [7, 11) is 0. The topological polar surface area (TPSA) is 122 Å². The second-order valence-electron chi connectivity index (χ2n) is 3.69. The Morgan fingerprint density at radius 2 is 1.80 bits per heavy atom. The molecule has 7 nitrogen and oxygen atoms in total. The number of urea groups is 1. The lowest BCUT2D eigenvalue weighted by molar-refractivity contribution is -0.146. The van der Waals surface area contributed by atoms with Crippen LogP contribution in [0, 0.1) is 5.41 Å².